The normalized spacial score (nSPS) is 14.1. The summed E-state index contributed by atoms with van der Waals surface area (Å²) in [4.78, 5) is 25.5. The second-order valence-electron chi connectivity index (χ2n) is 21.0. The molecule has 0 saturated carbocycles. The van der Waals surface area contributed by atoms with Crippen molar-refractivity contribution in [3.8, 4) is 0 Å². The molecule has 0 aliphatic heterocycles. The molecule has 0 bridgehead atoms. The van der Waals surface area contributed by atoms with Crippen LogP contribution in [0.2, 0.25) is 0 Å². The van der Waals surface area contributed by atoms with Gasteiger partial charge < -0.3 is 28.8 Å². The number of carbonyl (C=O) groups excluding carboxylic acids is 1. The summed E-state index contributed by atoms with van der Waals surface area (Å²) in [5.74, 6) is -0.197. The summed E-state index contributed by atoms with van der Waals surface area (Å²) in [7, 11) is 1.27. The maximum atomic E-state index is 13.0. The average molecular weight is 954 g/mol. The van der Waals surface area contributed by atoms with E-state index in [0.29, 0.717) is 17.4 Å². The van der Waals surface area contributed by atoms with E-state index in [1.807, 2.05) is 27.2 Å². The number of allylic oxidation sites excluding steroid dienone is 3. The van der Waals surface area contributed by atoms with Gasteiger partial charge in [-0.25, -0.2) is 0 Å². The van der Waals surface area contributed by atoms with Crippen LogP contribution in [0.4, 0.5) is 0 Å². The number of nitrogens with one attached hydrogen (secondary N) is 1. The first kappa shape index (κ1) is 65.0. The number of carbonyl (C=O) groups is 1. The van der Waals surface area contributed by atoms with Crippen molar-refractivity contribution in [2.45, 2.75) is 296 Å². The van der Waals surface area contributed by atoms with Gasteiger partial charge in [0, 0.05) is 6.42 Å². The maximum absolute atomic E-state index is 13.0. The van der Waals surface area contributed by atoms with Gasteiger partial charge in [0.25, 0.3) is 7.82 Å². The van der Waals surface area contributed by atoms with Crippen LogP contribution in [0.15, 0.2) is 24.3 Å². The van der Waals surface area contributed by atoms with Crippen molar-refractivity contribution in [3.05, 3.63) is 24.3 Å². The highest BCUT2D eigenvalue weighted by Gasteiger charge is 2.23. The molecule has 0 aromatic carbocycles. The number of quaternary nitrogens is 1. The molecule has 0 saturated heterocycles. The minimum atomic E-state index is -4.60. The van der Waals surface area contributed by atoms with E-state index in [1.165, 1.54) is 225 Å². The van der Waals surface area contributed by atoms with Crippen molar-refractivity contribution in [2.24, 2.45) is 0 Å². The zero-order valence-corrected chi connectivity index (χ0v) is 45.6. The standard InChI is InChI=1S/C57H113N2O6P/c1-6-8-10-12-14-16-18-20-22-24-26-28-29-31-33-35-37-39-41-43-45-47-49-51-57(61)58-55(54-65-66(62,63)64-53-52-59(3,4)5)56(60)50-48-46-44-42-40-38-36-34-32-30-27-25-23-21-19-17-15-13-11-9-7-2/h31,33,48,50,55-56,60H,6-30,32,34-47,49,51-54H2,1-5H3,(H-,58,61,62,63)/b33-31-,50-48+. The zero-order chi connectivity index (χ0) is 48.5. The highest BCUT2D eigenvalue weighted by molar-refractivity contribution is 7.45. The van der Waals surface area contributed by atoms with E-state index in [0.717, 1.165) is 38.5 Å². The fraction of sp³-hybridized carbons (Fsp3) is 0.912. The fourth-order valence-electron chi connectivity index (χ4n) is 8.62. The molecule has 0 rings (SSSR count). The van der Waals surface area contributed by atoms with Crippen molar-refractivity contribution in [1.82, 2.24) is 5.32 Å². The number of phosphoric ester groups is 1. The molecule has 0 spiro atoms. The predicted octanol–water partition coefficient (Wildman–Crippen LogP) is 16.6. The van der Waals surface area contributed by atoms with Crippen molar-refractivity contribution < 1.29 is 32.9 Å². The summed E-state index contributed by atoms with van der Waals surface area (Å²) in [6.07, 6.45) is 61.0. The highest BCUT2D eigenvalue weighted by atomic mass is 31.2. The second kappa shape index (κ2) is 49.0. The highest BCUT2D eigenvalue weighted by Crippen LogP contribution is 2.38. The van der Waals surface area contributed by atoms with Gasteiger partial charge in [0.2, 0.25) is 5.91 Å². The third-order valence-electron chi connectivity index (χ3n) is 13.2. The van der Waals surface area contributed by atoms with Crippen molar-refractivity contribution >= 4 is 13.7 Å². The molecule has 3 unspecified atom stereocenters. The first-order chi connectivity index (χ1) is 32.0. The molecule has 0 aromatic rings. The van der Waals surface area contributed by atoms with Crippen LogP contribution in [0.3, 0.4) is 0 Å². The van der Waals surface area contributed by atoms with E-state index in [4.69, 9.17) is 9.05 Å². The van der Waals surface area contributed by atoms with E-state index in [1.54, 1.807) is 6.08 Å². The van der Waals surface area contributed by atoms with Crippen LogP contribution in [0.1, 0.15) is 284 Å². The Morgan fingerprint density at radius 1 is 0.515 bits per heavy atom. The Balaban J connectivity index is 4.22. The SMILES string of the molecule is CCCCCCCCCCCCCC/C=C\CCCCCCCCCC(=O)NC(COP(=O)([O-])OCC[N+](C)(C)C)C(O)/C=C/CCCCCCCCCCCCCCCCCCCCC. The number of hydrogen-bond donors (Lipinski definition) is 2. The number of aliphatic hydroxyl groups excluding tert-OH is 1. The number of unbranched alkanes of at least 4 members (excludes halogenated alkanes) is 38. The van der Waals surface area contributed by atoms with Crippen molar-refractivity contribution in [1.29, 1.82) is 0 Å². The quantitative estimate of drug-likeness (QED) is 0.0272. The minimum Gasteiger partial charge on any atom is -0.756 e. The van der Waals surface area contributed by atoms with Gasteiger partial charge in [0.1, 0.15) is 13.2 Å². The molecule has 66 heavy (non-hydrogen) atoms. The maximum Gasteiger partial charge on any atom is 0.268 e. The summed E-state index contributed by atoms with van der Waals surface area (Å²) in [6, 6.07) is -0.887. The smallest absolute Gasteiger partial charge is 0.268 e. The molecule has 0 radical (unpaired) electrons. The van der Waals surface area contributed by atoms with E-state index in [9.17, 15) is 19.4 Å². The zero-order valence-electron chi connectivity index (χ0n) is 44.7. The van der Waals surface area contributed by atoms with Crippen LogP contribution in [-0.2, 0) is 18.4 Å². The number of nitrogens with zero attached hydrogens (tertiary/aromatic N) is 1. The lowest BCUT2D eigenvalue weighted by Gasteiger charge is -2.29. The van der Waals surface area contributed by atoms with Crippen LogP contribution in [0.25, 0.3) is 0 Å². The Morgan fingerprint density at radius 3 is 1.18 bits per heavy atom. The van der Waals surface area contributed by atoms with E-state index in [2.05, 4.69) is 31.3 Å². The Bertz CT molecular complexity index is 1130. The molecule has 1 amide bonds. The molecule has 0 fully saturated rings. The topological polar surface area (TPSA) is 108 Å². The first-order valence-corrected chi connectivity index (χ1v) is 30.2. The van der Waals surface area contributed by atoms with E-state index < -0.39 is 20.0 Å². The van der Waals surface area contributed by atoms with Crippen LogP contribution in [-0.4, -0.2) is 68.5 Å². The van der Waals surface area contributed by atoms with Gasteiger partial charge in [0.15, 0.2) is 0 Å². The van der Waals surface area contributed by atoms with Crippen LogP contribution in [0, 0.1) is 0 Å². The molecule has 0 aliphatic rings. The van der Waals surface area contributed by atoms with Gasteiger partial charge in [-0.3, -0.25) is 9.36 Å². The largest absolute Gasteiger partial charge is 0.756 e. The van der Waals surface area contributed by atoms with Gasteiger partial charge in [-0.15, -0.1) is 0 Å². The van der Waals surface area contributed by atoms with Gasteiger partial charge in [-0.05, 0) is 44.9 Å². The lowest BCUT2D eigenvalue weighted by molar-refractivity contribution is -0.870. The van der Waals surface area contributed by atoms with Gasteiger partial charge in [-0.2, -0.15) is 0 Å². The molecule has 392 valence electrons. The van der Waals surface area contributed by atoms with Gasteiger partial charge in [0.05, 0.1) is 39.9 Å². The Labute approximate surface area is 411 Å². The number of phosphoric acid groups is 1. The van der Waals surface area contributed by atoms with Gasteiger partial charge >= 0.3 is 0 Å². The molecular formula is C57H113N2O6P. The lowest BCUT2D eigenvalue weighted by Crippen LogP contribution is -2.45. The summed E-state index contributed by atoms with van der Waals surface area (Å²) < 4.78 is 23.4. The molecule has 0 heterocycles. The summed E-state index contributed by atoms with van der Waals surface area (Å²) >= 11 is 0. The number of aliphatic hydroxyl groups is 1. The van der Waals surface area contributed by atoms with Crippen LogP contribution < -0.4 is 10.2 Å². The van der Waals surface area contributed by atoms with E-state index >= 15 is 0 Å². The molecule has 3 atom stereocenters. The Hall–Kier alpha value is -1.02. The molecule has 2 N–H and O–H groups in total. The molecular weight excluding hydrogens is 840 g/mol. The molecule has 0 aliphatic carbocycles. The average Bonchev–Trinajstić information content (AvgIpc) is 3.28. The minimum absolute atomic E-state index is 0.000213. The summed E-state index contributed by atoms with van der Waals surface area (Å²) in [6.45, 7) is 4.69. The number of amides is 1. The Kier molecular flexibility index (Phi) is 48.2. The molecule has 9 heteroatoms. The fourth-order valence-corrected chi connectivity index (χ4v) is 9.34. The van der Waals surface area contributed by atoms with Crippen molar-refractivity contribution in [3.63, 3.8) is 0 Å². The van der Waals surface area contributed by atoms with E-state index in [-0.39, 0.29) is 19.1 Å². The van der Waals surface area contributed by atoms with Gasteiger partial charge in [-0.1, -0.05) is 256 Å². The third kappa shape index (κ3) is 50.8. The summed E-state index contributed by atoms with van der Waals surface area (Å²) in [5, 5.41) is 13.9. The molecule has 0 aromatic heterocycles. The first-order valence-electron chi connectivity index (χ1n) is 28.7. The van der Waals surface area contributed by atoms with Crippen molar-refractivity contribution in [2.75, 3.05) is 40.9 Å². The predicted molar refractivity (Wildman–Crippen MR) is 284 cm³/mol. The molecule has 8 nitrogen and oxygen atoms in total. The van der Waals surface area contributed by atoms with Crippen LogP contribution >= 0.6 is 7.82 Å². The second-order valence-corrected chi connectivity index (χ2v) is 22.4. The monoisotopic (exact) mass is 953 g/mol. The van der Waals surface area contributed by atoms with Crippen LogP contribution in [0.5, 0.6) is 0 Å². The number of rotatable bonds is 53. The number of likely N-dealkylation sites (N-methyl/N-ethyl adjacent to an activating group) is 1. The lowest BCUT2D eigenvalue weighted by atomic mass is 10.0. The Morgan fingerprint density at radius 2 is 0.833 bits per heavy atom. The third-order valence-corrected chi connectivity index (χ3v) is 14.1. The number of hydrogen-bond acceptors (Lipinski definition) is 6. The summed E-state index contributed by atoms with van der Waals surface area (Å²) in [5.41, 5.74) is 0.